The molecule has 0 radical (unpaired) electrons. The second kappa shape index (κ2) is 12.1. The van der Waals surface area contributed by atoms with Crippen molar-refractivity contribution in [1.82, 2.24) is 16.0 Å². The van der Waals surface area contributed by atoms with Gasteiger partial charge >= 0.3 is 10.4 Å². The Morgan fingerprint density at radius 3 is 2.31 bits per heavy atom. The number of hydrogen-bond donors (Lipinski definition) is 8. The van der Waals surface area contributed by atoms with E-state index in [9.17, 15) is 41.7 Å². The number of ether oxygens (including phenoxy) is 2. The van der Waals surface area contributed by atoms with Gasteiger partial charge < -0.3 is 35.4 Å². The number of hydrogen-bond acceptors (Lipinski definition) is 13. The highest BCUT2D eigenvalue weighted by atomic mass is 32.3. The van der Waals surface area contributed by atoms with Crippen molar-refractivity contribution in [3.63, 3.8) is 0 Å². The minimum Gasteiger partial charge on any atom is -0.395 e. The van der Waals surface area contributed by atoms with Crippen molar-refractivity contribution >= 4 is 32.3 Å². The first-order valence-corrected chi connectivity index (χ1v) is 13.2. The largest absolute Gasteiger partial charge is 0.397 e. The van der Waals surface area contributed by atoms with Gasteiger partial charge in [-0.05, 0) is 6.42 Å². The fraction of sp³-hybridized carbons (Fsp3) is 0.875. The van der Waals surface area contributed by atoms with Gasteiger partial charge in [0.25, 0.3) is 10.1 Å². The molecule has 0 unspecified atom stereocenters. The maximum Gasteiger partial charge on any atom is 0.397 e. The summed E-state index contributed by atoms with van der Waals surface area (Å²) in [6.45, 7) is -0.700. The standard InChI is InChI=1S/C16H29N3O14S2/c1-7(22)18-12-13(23)14(33-35(28,29)30)11(6-21)32-16(12)31-10-4-8(19-9(10)5-20)15(24)17-2-3-34(25,26)27/h8-14,16,19-21,23H,2-6H2,1H3,(H,17,24)(H,18,22)(H,25,26,27)(H,28,29,30)/t8-,9+,10+,11-,12+,13+,14+,16-/m1/s1. The Kier molecular flexibility index (Phi) is 10.3. The molecule has 19 heteroatoms. The summed E-state index contributed by atoms with van der Waals surface area (Å²) in [4.78, 5) is 24.0. The minimum absolute atomic E-state index is 0.0829. The highest BCUT2D eigenvalue weighted by molar-refractivity contribution is 7.85. The zero-order valence-corrected chi connectivity index (χ0v) is 20.0. The summed E-state index contributed by atoms with van der Waals surface area (Å²) in [6, 6.07) is -3.27. The Morgan fingerprint density at radius 1 is 1.14 bits per heavy atom. The quantitative estimate of drug-likeness (QED) is 0.112. The van der Waals surface area contributed by atoms with Gasteiger partial charge in [0.2, 0.25) is 11.8 Å². The SMILES string of the molecule is CC(=O)N[C@@H]1[C@H](O[C@H]2C[C@H](C(=O)NCCS(=O)(=O)O)N[C@H]2CO)O[C@H](CO)[C@H](OS(=O)(=O)O)[C@H]1O. The average molecular weight is 552 g/mol. The van der Waals surface area contributed by atoms with E-state index < -0.39 is 100 Å². The van der Waals surface area contributed by atoms with Crippen LogP contribution < -0.4 is 16.0 Å². The molecule has 2 aliphatic rings. The molecule has 2 aliphatic heterocycles. The van der Waals surface area contributed by atoms with E-state index in [4.69, 9.17) is 18.6 Å². The summed E-state index contributed by atoms with van der Waals surface area (Å²) in [6.07, 6.45) is -7.76. The second-order valence-electron chi connectivity index (χ2n) is 7.93. The normalized spacial score (nSPS) is 33.9. The van der Waals surface area contributed by atoms with Gasteiger partial charge in [-0.15, -0.1) is 0 Å². The van der Waals surface area contributed by atoms with Crippen LogP contribution in [-0.2, 0) is 43.8 Å². The minimum atomic E-state index is -5.08. The Labute approximate surface area is 200 Å². The lowest BCUT2D eigenvalue weighted by atomic mass is 9.96. The first-order valence-electron chi connectivity index (χ1n) is 10.3. The molecule has 204 valence electrons. The van der Waals surface area contributed by atoms with Crippen LogP contribution in [0.5, 0.6) is 0 Å². The number of rotatable bonds is 11. The molecule has 0 aliphatic carbocycles. The Morgan fingerprint density at radius 2 is 1.80 bits per heavy atom. The number of aliphatic hydroxyl groups excluding tert-OH is 3. The average Bonchev–Trinajstić information content (AvgIpc) is 3.13. The molecule has 0 aromatic rings. The molecule has 8 N–H and O–H groups in total. The molecule has 8 atom stereocenters. The van der Waals surface area contributed by atoms with E-state index in [1.54, 1.807) is 0 Å². The molecule has 0 aromatic heterocycles. The molecule has 2 rings (SSSR count). The molecule has 2 amide bonds. The van der Waals surface area contributed by atoms with Crippen LogP contribution in [0.4, 0.5) is 0 Å². The van der Waals surface area contributed by atoms with Crippen molar-refractivity contribution in [3.05, 3.63) is 0 Å². The molecule has 17 nitrogen and oxygen atoms in total. The van der Waals surface area contributed by atoms with Gasteiger partial charge in [0.05, 0.1) is 37.2 Å². The number of carbonyl (C=O) groups excluding carboxylic acids is 2. The van der Waals surface area contributed by atoms with E-state index in [-0.39, 0.29) is 13.0 Å². The number of aliphatic hydroxyl groups is 3. The number of carbonyl (C=O) groups is 2. The van der Waals surface area contributed by atoms with Crippen molar-refractivity contribution in [2.45, 2.75) is 62.2 Å². The lowest BCUT2D eigenvalue weighted by molar-refractivity contribution is -0.279. The highest BCUT2D eigenvalue weighted by Crippen LogP contribution is 2.29. The lowest BCUT2D eigenvalue weighted by Crippen LogP contribution is -2.66. The summed E-state index contributed by atoms with van der Waals surface area (Å²) < 4.78 is 77.3. The zero-order valence-electron chi connectivity index (χ0n) is 18.4. The molecule has 2 heterocycles. The van der Waals surface area contributed by atoms with E-state index in [1.165, 1.54) is 0 Å². The van der Waals surface area contributed by atoms with Crippen molar-refractivity contribution in [2.75, 3.05) is 25.5 Å². The smallest absolute Gasteiger partial charge is 0.395 e. The van der Waals surface area contributed by atoms with Crippen molar-refractivity contribution in [3.8, 4) is 0 Å². The summed E-state index contributed by atoms with van der Waals surface area (Å²) >= 11 is 0. The molecule has 2 fully saturated rings. The third-order valence-corrected chi connectivity index (χ3v) is 6.45. The van der Waals surface area contributed by atoms with Gasteiger partial charge in [0.15, 0.2) is 6.29 Å². The molecule has 0 saturated carbocycles. The van der Waals surface area contributed by atoms with Gasteiger partial charge in [-0.3, -0.25) is 24.0 Å². The maximum atomic E-state index is 12.3. The van der Waals surface area contributed by atoms with E-state index in [2.05, 4.69) is 20.1 Å². The lowest BCUT2D eigenvalue weighted by Gasteiger charge is -2.44. The second-order valence-corrected chi connectivity index (χ2v) is 10.5. The van der Waals surface area contributed by atoms with Gasteiger partial charge in [0.1, 0.15) is 24.4 Å². The third-order valence-electron chi connectivity index (χ3n) is 5.27. The summed E-state index contributed by atoms with van der Waals surface area (Å²) in [5.74, 6) is -2.05. The van der Waals surface area contributed by atoms with Crippen LogP contribution in [0.3, 0.4) is 0 Å². The van der Waals surface area contributed by atoms with E-state index in [1.807, 2.05) is 0 Å². The van der Waals surface area contributed by atoms with Gasteiger partial charge in [-0.2, -0.15) is 16.8 Å². The number of amides is 2. The van der Waals surface area contributed by atoms with Crippen molar-refractivity contribution in [2.24, 2.45) is 0 Å². The van der Waals surface area contributed by atoms with Crippen LogP contribution in [0.25, 0.3) is 0 Å². The molecular weight excluding hydrogens is 522 g/mol. The molecular formula is C16H29N3O14S2. The zero-order chi connectivity index (χ0) is 26.6. The third kappa shape index (κ3) is 8.82. The van der Waals surface area contributed by atoms with Gasteiger partial charge in [0, 0.05) is 13.5 Å². The van der Waals surface area contributed by atoms with E-state index >= 15 is 0 Å². The predicted molar refractivity (Wildman–Crippen MR) is 112 cm³/mol. The van der Waals surface area contributed by atoms with Crippen molar-refractivity contribution < 1.29 is 64.5 Å². The first-order chi connectivity index (χ1) is 16.1. The predicted octanol–water partition coefficient (Wildman–Crippen LogP) is -5.13. The van der Waals surface area contributed by atoms with Gasteiger partial charge in [-0.25, -0.2) is 4.18 Å². The van der Waals surface area contributed by atoms with Crippen LogP contribution in [-0.4, -0.2) is 127 Å². The highest BCUT2D eigenvalue weighted by Gasteiger charge is 2.50. The summed E-state index contributed by atoms with van der Waals surface area (Å²) in [5, 5.41) is 37.3. The molecule has 0 bridgehead atoms. The number of nitrogens with one attached hydrogen (secondary N) is 3. The van der Waals surface area contributed by atoms with Crippen molar-refractivity contribution in [1.29, 1.82) is 0 Å². The van der Waals surface area contributed by atoms with Crippen LogP contribution in [0.1, 0.15) is 13.3 Å². The van der Waals surface area contributed by atoms with E-state index in [0.29, 0.717) is 0 Å². The first kappa shape index (κ1) is 29.7. The fourth-order valence-corrected chi connectivity index (χ4v) is 4.64. The van der Waals surface area contributed by atoms with Crippen LogP contribution >= 0.6 is 0 Å². The van der Waals surface area contributed by atoms with E-state index in [0.717, 1.165) is 6.92 Å². The summed E-state index contributed by atoms with van der Waals surface area (Å²) in [7, 11) is -9.38. The molecule has 2 saturated heterocycles. The molecule has 0 aromatic carbocycles. The summed E-state index contributed by atoms with van der Waals surface area (Å²) in [5.41, 5.74) is 0. The van der Waals surface area contributed by atoms with Crippen LogP contribution in [0.2, 0.25) is 0 Å². The Bertz CT molecular complexity index is 961. The molecule has 0 spiro atoms. The topological polar surface area (TPSA) is 267 Å². The Balaban J connectivity index is 2.15. The fourth-order valence-electron chi connectivity index (χ4n) is 3.76. The van der Waals surface area contributed by atoms with Crippen LogP contribution in [0.15, 0.2) is 0 Å². The maximum absolute atomic E-state index is 12.3. The molecule has 35 heavy (non-hydrogen) atoms. The monoisotopic (exact) mass is 551 g/mol. The van der Waals surface area contributed by atoms with Crippen LogP contribution in [0, 0.1) is 0 Å². The Hall–Kier alpha value is -1.52. The van der Waals surface area contributed by atoms with Gasteiger partial charge in [-0.1, -0.05) is 0 Å².